The standard InChI is InChI=1S/C13H20N2O2/c1-4-7-13(2,3)15-9-5-6-11(14)10(8-9)12(16)17/h5-6,8,15H,4,7,14H2,1-3H3,(H,16,17). The van der Waals surface area contributed by atoms with Gasteiger partial charge in [0.25, 0.3) is 0 Å². The van der Waals surface area contributed by atoms with Crippen LogP contribution in [0, 0.1) is 0 Å². The normalized spacial score (nSPS) is 11.2. The summed E-state index contributed by atoms with van der Waals surface area (Å²) in [6.45, 7) is 6.30. The fourth-order valence-corrected chi connectivity index (χ4v) is 1.90. The van der Waals surface area contributed by atoms with Crippen LogP contribution in [0.25, 0.3) is 0 Å². The first-order chi connectivity index (χ1) is 7.85. The lowest BCUT2D eigenvalue weighted by atomic mass is 9.98. The molecule has 0 aliphatic carbocycles. The second-order valence-corrected chi connectivity index (χ2v) is 4.87. The van der Waals surface area contributed by atoms with Gasteiger partial charge in [-0.15, -0.1) is 0 Å². The number of carboxylic acids is 1. The highest BCUT2D eigenvalue weighted by molar-refractivity contribution is 5.94. The molecule has 1 aromatic carbocycles. The van der Waals surface area contributed by atoms with Crippen LogP contribution in [0.3, 0.4) is 0 Å². The van der Waals surface area contributed by atoms with Crippen LogP contribution in [0.5, 0.6) is 0 Å². The number of nitrogen functional groups attached to an aromatic ring is 1. The summed E-state index contributed by atoms with van der Waals surface area (Å²) in [5.41, 5.74) is 6.77. The van der Waals surface area contributed by atoms with E-state index >= 15 is 0 Å². The lowest BCUT2D eigenvalue weighted by molar-refractivity contribution is 0.0698. The molecule has 0 amide bonds. The molecule has 0 saturated carbocycles. The van der Waals surface area contributed by atoms with E-state index in [9.17, 15) is 4.79 Å². The van der Waals surface area contributed by atoms with Gasteiger partial charge in [-0.25, -0.2) is 4.79 Å². The third-order valence-electron chi connectivity index (χ3n) is 2.64. The summed E-state index contributed by atoms with van der Waals surface area (Å²) in [5.74, 6) is -1.00. The van der Waals surface area contributed by atoms with E-state index in [4.69, 9.17) is 10.8 Å². The minimum absolute atomic E-state index is 0.0549. The van der Waals surface area contributed by atoms with Gasteiger partial charge in [-0.3, -0.25) is 0 Å². The SMILES string of the molecule is CCCC(C)(C)Nc1ccc(N)c(C(=O)O)c1. The van der Waals surface area contributed by atoms with E-state index in [0.29, 0.717) is 0 Å². The largest absolute Gasteiger partial charge is 0.478 e. The van der Waals surface area contributed by atoms with Crippen molar-refractivity contribution in [3.05, 3.63) is 23.8 Å². The van der Waals surface area contributed by atoms with Crippen molar-refractivity contribution in [2.45, 2.75) is 39.2 Å². The highest BCUT2D eigenvalue weighted by Gasteiger charge is 2.17. The van der Waals surface area contributed by atoms with Gasteiger partial charge >= 0.3 is 5.97 Å². The van der Waals surface area contributed by atoms with Crippen molar-refractivity contribution in [2.24, 2.45) is 0 Å². The number of carboxylic acid groups (broad SMARTS) is 1. The van der Waals surface area contributed by atoms with Gasteiger partial charge in [0.2, 0.25) is 0 Å². The molecule has 0 aliphatic heterocycles. The molecule has 0 atom stereocenters. The number of hydrogen-bond acceptors (Lipinski definition) is 3. The Morgan fingerprint density at radius 2 is 2.12 bits per heavy atom. The molecule has 0 saturated heterocycles. The first-order valence-corrected chi connectivity index (χ1v) is 5.77. The summed E-state index contributed by atoms with van der Waals surface area (Å²) in [6.07, 6.45) is 2.08. The van der Waals surface area contributed by atoms with Crippen molar-refractivity contribution in [3.8, 4) is 0 Å². The molecule has 17 heavy (non-hydrogen) atoms. The van der Waals surface area contributed by atoms with E-state index in [1.165, 1.54) is 0 Å². The van der Waals surface area contributed by atoms with Crippen molar-refractivity contribution in [3.63, 3.8) is 0 Å². The lowest BCUT2D eigenvalue weighted by Crippen LogP contribution is -2.30. The van der Waals surface area contributed by atoms with Crippen LogP contribution < -0.4 is 11.1 Å². The Labute approximate surface area is 102 Å². The lowest BCUT2D eigenvalue weighted by Gasteiger charge is -2.27. The van der Waals surface area contributed by atoms with Gasteiger partial charge in [-0.05, 0) is 38.5 Å². The van der Waals surface area contributed by atoms with E-state index in [1.807, 2.05) is 0 Å². The average Bonchev–Trinajstić information content (AvgIpc) is 2.20. The highest BCUT2D eigenvalue weighted by atomic mass is 16.4. The topological polar surface area (TPSA) is 75.3 Å². The van der Waals surface area contributed by atoms with E-state index in [-0.39, 0.29) is 16.8 Å². The zero-order valence-electron chi connectivity index (χ0n) is 10.6. The van der Waals surface area contributed by atoms with Gasteiger partial charge in [0.15, 0.2) is 0 Å². The van der Waals surface area contributed by atoms with Crippen molar-refractivity contribution < 1.29 is 9.90 Å². The van der Waals surface area contributed by atoms with Crippen LogP contribution in [-0.4, -0.2) is 16.6 Å². The number of nitrogens with two attached hydrogens (primary N) is 1. The fourth-order valence-electron chi connectivity index (χ4n) is 1.90. The van der Waals surface area contributed by atoms with Crippen LogP contribution in [-0.2, 0) is 0 Å². The number of hydrogen-bond donors (Lipinski definition) is 3. The summed E-state index contributed by atoms with van der Waals surface area (Å²) < 4.78 is 0. The Balaban J connectivity index is 2.93. The predicted molar refractivity (Wildman–Crippen MR) is 70.4 cm³/mol. The van der Waals surface area contributed by atoms with Crippen molar-refractivity contribution in [2.75, 3.05) is 11.1 Å². The van der Waals surface area contributed by atoms with Crippen LogP contribution in [0.1, 0.15) is 44.0 Å². The molecular weight excluding hydrogens is 216 g/mol. The maximum Gasteiger partial charge on any atom is 0.337 e. The quantitative estimate of drug-likeness (QED) is 0.687. The van der Waals surface area contributed by atoms with E-state index in [2.05, 4.69) is 26.1 Å². The molecule has 4 heteroatoms. The van der Waals surface area contributed by atoms with E-state index < -0.39 is 5.97 Å². The third-order valence-corrected chi connectivity index (χ3v) is 2.64. The average molecular weight is 236 g/mol. The molecule has 0 radical (unpaired) electrons. The molecule has 4 N–H and O–H groups in total. The Bertz CT molecular complexity index is 414. The van der Waals surface area contributed by atoms with Crippen LogP contribution in [0.2, 0.25) is 0 Å². The molecule has 0 unspecified atom stereocenters. The molecule has 1 aromatic rings. The summed E-state index contributed by atoms with van der Waals surface area (Å²) in [6, 6.07) is 5.00. The third kappa shape index (κ3) is 3.66. The van der Waals surface area contributed by atoms with Gasteiger partial charge in [0.1, 0.15) is 0 Å². The van der Waals surface area contributed by atoms with Crippen molar-refractivity contribution >= 4 is 17.3 Å². The smallest absolute Gasteiger partial charge is 0.337 e. The summed E-state index contributed by atoms with van der Waals surface area (Å²) in [7, 11) is 0. The first kappa shape index (κ1) is 13.4. The highest BCUT2D eigenvalue weighted by Crippen LogP contribution is 2.23. The minimum atomic E-state index is -1.00. The molecule has 0 fully saturated rings. The molecule has 0 spiro atoms. The van der Waals surface area contributed by atoms with E-state index in [1.54, 1.807) is 18.2 Å². The number of benzene rings is 1. The molecule has 1 rings (SSSR count). The molecule has 0 bridgehead atoms. The van der Waals surface area contributed by atoms with Gasteiger partial charge in [0.05, 0.1) is 5.56 Å². The van der Waals surface area contributed by atoms with Gasteiger partial charge in [-0.2, -0.15) is 0 Å². The van der Waals surface area contributed by atoms with Gasteiger partial charge in [0, 0.05) is 16.9 Å². The summed E-state index contributed by atoms with van der Waals surface area (Å²) >= 11 is 0. The predicted octanol–water partition coefficient (Wildman–Crippen LogP) is 2.96. The van der Waals surface area contributed by atoms with Gasteiger partial charge in [-0.1, -0.05) is 13.3 Å². The molecule has 0 aromatic heterocycles. The molecule has 4 nitrogen and oxygen atoms in total. The Morgan fingerprint density at radius 1 is 1.47 bits per heavy atom. The van der Waals surface area contributed by atoms with E-state index in [0.717, 1.165) is 18.5 Å². The maximum atomic E-state index is 11.0. The Hall–Kier alpha value is -1.71. The monoisotopic (exact) mass is 236 g/mol. The molecular formula is C13H20N2O2. The zero-order chi connectivity index (χ0) is 13.1. The van der Waals surface area contributed by atoms with Crippen molar-refractivity contribution in [1.82, 2.24) is 0 Å². The number of rotatable bonds is 5. The van der Waals surface area contributed by atoms with Crippen LogP contribution >= 0.6 is 0 Å². The zero-order valence-corrected chi connectivity index (χ0v) is 10.6. The van der Waals surface area contributed by atoms with Crippen molar-refractivity contribution in [1.29, 1.82) is 0 Å². The molecule has 94 valence electrons. The minimum Gasteiger partial charge on any atom is -0.478 e. The summed E-state index contributed by atoms with van der Waals surface area (Å²) in [5, 5.41) is 12.3. The summed E-state index contributed by atoms with van der Waals surface area (Å²) in [4.78, 5) is 11.0. The number of aromatic carboxylic acids is 1. The van der Waals surface area contributed by atoms with Gasteiger partial charge < -0.3 is 16.2 Å². The second kappa shape index (κ2) is 5.08. The van der Waals surface area contributed by atoms with Crippen LogP contribution in [0.15, 0.2) is 18.2 Å². The Kier molecular flexibility index (Phi) is 3.99. The molecule has 0 heterocycles. The first-order valence-electron chi connectivity index (χ1n) is 5.77. The Morgan fingerprint density at radius 3 is 2.65 bits per heavy atom. The number of anilines is 2. The fraction of sp³-hybridized carbons (Fsp3) is 0.462. The van der Waals surface area contributed by atoms with Crippen LogP contribution in [0.4, 0.5) is 11.4 Å². The molecule has 0 aliphatic rings. The number of carbonyl (C=O) groups is 1. The number of nitrogens with one attached hydrogen (secondary N) is 1. The second-order valence-electron chi connectivity index (χ2n) is 4.87. The maximum absolute atomic E-state index is 11.0.